The monoisotopic (exact) mass is 455 g/mol. The van der Waals surface area contributed by atoms with Crippen molar-refractivity contribution in [2.75, 3.05) is 48.4 Å². The van der Waals surface area contributed by atoms with Crippen molar-refractivity contribution in [1.82, 2.24) is 15.0 Å². The average molecular weight is 456 g/mol. The summed E-state index contributed by atoms with van der Waals surface area (Å²) in [6, 6.07) is 3.84. The highest BCUT2D eigenvalue weighted by Crippen LogP contribution is 2.31. The molecule has 0 spiro atoms. The second-order valence-electron chi connectivity index (χ2n) is 7.99. The Morgan fingerprint density at radius 1 is 1.30 bits per heavy atom. The number of hydrogen-bond donors (Lipinski definition) is 4. The van der Waals surface area contributed by atoms with Gasteiger partial charge in [-0.05, 0) is 50.8 Å². The van der Waals surface area contributed by atoms with Crippen LogP contribution >= 0.6 is 0 Å². The van der Waals surface area contributed by atoms with E-state index in [2.05, 4.69) is 15.6 Å². The Labute approximate surface area is 194 Å². The second kappa shape index (κ2) is 11.6. The first-order chi connectivity index (χ1) is 15.9. The van der Waals surface area contributed by atoms with Gasteiger partial charge >= 0.3 is 5.97 Å². The molecule has 3 heterocycles. The van der Waals surface area contributed by atoms with E-state index in [0.717, 1.165) is 5.56 Å². The molecule has 4 N–H and O–H groups in total. The Morgan fingerprint density at radius 2 is 2.06 bits per heavy atom. The molecule has 3 rings (SSSR count). The van der Waals surface area contributed by atoms with Gasteiger partial charge in [-0.25, -0.2) is 9.97 Å². The molecule has 10 heteroatoms. The molecule has 10 nitrogen and oxygen atoms in total. The molecule has 2 aromatic heterocycles. The van der Waals surface area contributed by atoms with E-state index in [0.29, 0.717) is 86.8 Å². The normalized spacial score (nSPS) is 14.2. The number of anilines is 4. The Morgan fingerprint density at radius 3 is 2.70 bits per heavy atom. The minimum absolute atomic E-state index is 0.344. The maximum Gasteiger partial charge on any atom is 0.306 e. The highest BCUT2D eigenvalue weighted by molar-refractivity contribution is 6.03. The van der Waals surface area contributed by atoms with E-state index >= 15 is 0 Å². The van der Waals surface area contributed by atoms with Gasteiger partial charge in [0.2, 0.25) is 5.95 Å². The molecule has 1 fully saturated rings. The van der Waals surface area contributed by atoms with Crippen LogP contribution in [0.25, 0.3) is 0 Å². The average Bonchev–Trinajstić information content (AvgIpc) is 2.81. The van der Waals surface area contributed by atoms with E-state index in [9.17, 15) is 9.90 Å². The number of pyridine rings is 1. The molecule has 1 aliphatic rings. The number of nitrogens with one attached hydrogen (secondary N) is 3. The van der Waals surface area contributed by atoms with Gasteiger partial charge < -0.3 is 30.8 Å². The maximum atomic E-state index is 11.3. The van der Waals surface area contributed by atoms with Crippen LogP contribution in [0.3, 0.4) is 0 Å². The second-order valence-corrected chi connectivity index (χ2v) is 7.99. The summed E-state index contributed by atoms with van der Waals surface area (Å²) in [6.45, 7) is 8.64. The largest absolute Gasteiger partial charge is 0.481 e. The summed E-state index contributed by atoms with van der Waals surface area (Å²) in [5, 5.41) is 24.5. The van der Waals surface area contributed by atoms with E-state index in [1.54, 1.807) is 6.20 Å². The Balaban J connectivity index is 1.98. The molecule has 1 saturated heterocycles. The lowest BCUT2D eigenvalue weighted by molar-refractivity contribution is -0.142. The number of carboxylic acids is 1. The molecule has 0 saturated carbocycles. The van der Waals surface area contributed by atoms with Crippen LogP contribution in [-0.2, 0) is 9.53 Å². The summed E-state index contributed by atoms with van der Waals surface area (Å²) in [4.78, 5) is 27.2. The molecule has 0 unspecified atom stereocenters. The number of aromatic nitrogens is 3. The summed E-state index contributed by atoms with van der Waals surface area (Å²) < 4.78 is 5.46. The van der Waals surface area contributed by atoms with Gasteiger partial charge in [-0.1, -0.05) is 6.92 Å². The van der Waals surface area contributed by atoms with E-state index in [-0.39, 0.29) is 5.92 Å². The number of aliphatic carboxylic acids is 1. The molecular weight excluding hydrogens is 422 g/mol. The van der Waals surface area contributed by atoms with Crippen molar-refractivity contribution in [1.29, 1.82) is 5.41 Å². The molecular formula is C23H33N7O3. The van der Waals surface area contributed by atoms with Crippen molar-refractivity contribution in [3.05, 3.63) is 29.6 Å². The minimum atomic E-state index is -0.759. The van der Waals surface area contributed by atoms with Gasteiger partial charge in [0.05, 0.1) is 18.2 Å². The van der Waals surface area contributed by atoms with Crippen LogP contribution in [0.2, 0.25) is 0 Å². The first-order valence-electron chi connectivity index (χ1n) is 11.4. The van der Waals surface area contributed by atoms with Crippen molar-refractivity contribution < 1.29 is 14.6 Å². The lowest BCUT2D eigenvalue weighted by atomic mass is 9.97. The highest BCUT2D eigenvalue weighted by atomic mass is 16.5. The Hall–Kier alpha value is -3.27. The van der Waals surface area contributed by atoms with Crippen LogP contribution in [0, 0.1) is 18.3 Å². The van der Waals surface area contributed by atoms with Gasteiger partial charge in [0, 0.05) is 32.4 Å². The molecule has 0 bridgehead atoms. The fourth-order valence-corrected chi connectivity index (χ4v) is 3.68. The predicted molar refractivity (Wildman–Crippen MR) is 129 cm³/mol. The summed E-state index contributed by atoms with van der Waals surface area (Å²) in [5.74, 6) is 0.556. The molecule has 0 aromatic carbocycles. The lowest BCUT2D eigenvalue weighted by Crippen LogP contribution is -2.37. The van der Waals surface area contributed by atoms with E-state index in [1.165, 1.54) is 0 Å². The van der Waals surface area contributed by atoms with Crippen molar-refractivity contribution in [3.8, 4) is 0 Å². The van der Waals surface area contributed by atoms with Gasteiger partial charge in [0.1, 0.15) is 17.2 Å². The summed E-state index contributed by atoms with van der Waals surface area (Å²) in [5.41, 5.74) is 2.60. The number of ether oxygens (including phenoxy) is 1. The van der Waals surface area contributed by atoms with Crippen molar-refractivity contribution in [2.24, 2.45) is 5.92 Å². The molecule has 0 radical (unpaired) electrons. The topological polar surface area (TPSA) is 136 Å². The summed E-state index contributed by atoms with van der Waals surface area (Å²) >= 11 is 0. The zero-order valence-electron chi connectivity index (χ0n) is 19.5. The third-order valence-electron chi connectivity index (χ3n) is 5.58. The molecule has 0 amide bonds. The van der Waals surface area contributed by atoms with Gasteiger partial charge in [0.15, 0.2) is 5.82 Å². The van der Waals surface area contributed by atoms with E-state index in [1.807, 2.05) is 37.8 Å². The quantitative estimate of drug-likeness (QED) is 0.296. The van der Waals surface area contributed by atoms with Crippen molar-refractivity contribution in [3.63, 3.8) is 0 Å². The Kier molecular flexibility index (Phi) is 8.53. The summed E-state index contributed by atoms with van der Waals surface area (Å²) in [6.07, 6.45) is 3.32. The van der Waals surface area contributed by atoms with Gasteiger partial charge in [-0.15, -0.1) is 0 Å². The van der Waals surface area contributed by atoms with Crippen LogP contribution in [-0.4, -0.2) is 64.6 Å². The van der Waals surface area contributed by atoms with Crippen LogP contribution in [0.5, 0.6) is 0 Å². The van der Waals surface area contributed by atoms with Crippen LogP contribution in [0.15, 0.2) is 18.3 Å². The predicted octanol–water partition coefficient (Wildman–Crippen LogP) is 3.45. The number of carbonyl (C=O) groups is 1. The van der Waals surface area contributed by atoms with Gasteiger partial charge in [-0.3, -0.25) is 4.79 Å². The molecule has 2 aromatic rings. The first-order valence-corrected chi connectivity index (χ1v) is 11.4. The van der Waals surface area contributed by atoms with Crippen molar-refractivity contribution in [2.45, 2.75) is 40.0 Å². The van der Waals surface area contributed by atoms with E-state index < -0.39 is 5.97 Å². The molecule has 0 atom stereocenters. The smallest absolute Gasteiger partial charge is 0.306 e. The van der Waals surface area contributed by atoms with Crippen LogP contribution in [0.4, 0.5) is 23.3 Å². The lowest BCUT2D eigenvalue weighted by Gasteiger charge is -2.31. The Bertz CT molecular complexity index is 975. The highest BCUT2D eigenvalue weighted by Gasteiger charge is 2.27. The van der Waals surface area contributed by atoms with Crippen LogP contribution in [0.1, 0.15) is 44.4 Å². The van der Waals surface area contributed by atoms with Crippen molar-refractivity contribution >= 4 is 35.0 Å². The summed E-state index contributed by atoms with van der Waals surface area (Å²) in [7, 11) is 0. The SMILES string of the molecule is CCOCCNc1c(Nc2cc(C)ccn2)nc(N2CCC(C(=O)O)CC2)nc1C(=N)CC. The van der Waals surface area contributed by atoms with Gasteiger partial charge in [0.25, 0.3) is 0 Å². The fraction of sp³-hybridized carbons (Fsp3) is 0.522. The number of carboxylic acid groups (broad SMARTS) is 1. The number of hydrogen-bond acceptors (Lipinski definition) is 9. The molecule has 33 heavy (non-hydrogen) atoms. The number of piperidine rings is 1. The molecule has 178 valence electrons. The zero-order valence-corrected chi connectivity index (χ0v) is 19.5. The maximum absolute atomic E-state index is 11.3. The first kappa shape index (κ1) is 24.4. The van der Waals surface area contributed by atoms with Crippen LogP contribution < -0.4 is 15.5 Å². The number of nitrogens with zero attached hydrogens (tertiary/aromatic N) is 4. The standard InChI is InChI=1S/C23H33N7O3/c1-4-17(24)19-20(26-10-13-33-5-2)21(27-18-14-15(3)6-9-25-18)29-23(28-19)30-11-7-16(8-12-30)22(31)32/h6,9,14,16,24,26H,4-5,7-8,10-13H2,1-3H3,(H,31,32)(H,25,27,28,29). The third kappa shape index (κ3) is 6.38. The fourth-order valence-electron chi connectivity index (χ4n) is 3.68. The minimum Gasteiger partial charge on any atom is -0.481 e. The molecule has 0 aliphatic carbocycles. The zero-order chi connectivity index (χ0) is 23.8. The van der Waals surface area contributed by atoms with Gasteiger partial charge in [-0.2, -0.15) is 4.98 Å². The third-order valence-corrected chi connectivity index (χ3v) is 5.58. The molecule has 1 aliphatic heterocycles. The number of rotatable bonds is 11. The van der Waals surface area contributed by atoms with E-state index in [4.69, 9.17) is 20.1 Å². The number of aryl methyl sites for hydroxylation is 1.